The van der Waals surface area contributed by atoms with Gasteiger partial charge in [0.1, 0.15) is 16.2 Å². The van der Waals surface area contributed by atoms with Crippen molar-refractivity contribution in [2.45, 2.75) is 33.2 Å². The molecule has 1 N–H and O–H groups in total. The summed E-state index contributed by atoms with van der Waals surface area (Å²) in [5.41, 5.74) is 2.43. The van der Waals surface area contributed by atoms with E-state index in [9.17, 15) is 10.1 Å². The maximum atomic E-state index is 12.5. The summed E-state index contributed by atoms with van der Waals surface area (Å²) in [6.45, 7) is 6.51. The molecule has 27 heavy (non-hydrogen) atoms. The first-order valence-electron chi connectivity index (χ1n) is 8.85. The molecule has 1 aliphatic rings. The molecule has 0 unspecified atom stereocenters. The van der Waals surface area contributed by atoms with Crippen molar-refractivity contribution in [1.29, 1.82) is 5.26 Å². The number of amides is 1. The number of rotatable bonds is 5. The molecule has 3 rings (SSSR count). The van der Waals surface area contributed by atoms with Gasteiger partial charge in [-0.05, 0) is 43.7 Å². The van der Waals surface area contributed by atoms with Gasteiger partial charge in [-0.15, -0.1) is 11.3 Å². The van der Waals surface area contributed by atoms with Crippen LogP contribution in [-0.4, -0.2) is 38.5 Å². The second-order valence-electron chi connectivity index (χ2n) is 6.51. The van der Waals surface area contributed by atoms with Crippen LogP contribution in [-0.2, 0) is 11.3 Å². The quantitative estimate of drug-likeness (QED) is 0.740. The maximum Gasteiger partial charge on any atom is 0.235 e. The third-order valence-corrected chi connectivity index (χ3v) is 7.17. The van der Waals surface area contributed by atoms with Gasteiger partial charge in [-0.25, -0.2) is 0 Å². The van der Waals surface area contributed by atoms with E-state index >= 15 is 0 Å². The molecule has 3 heterocycles. The molecule has 142 valence electrons. The molecule has 0 spiro atoms. The second-order valence-corrected chi connectivity index (χ2v) is 9.15. The molecule has 8 heteroatoms. The Morgan fingerprint density at radius 2 is 2.15 bits per heavy atom. The second kappa shape index (κ2) is 8.91. The number of anilines is 1. The van der Waals surface area contributed by atoms with Gasteiger partial charge in [0.2, 0.25) is 5.91 Å². The minimum Gasteiger partial charge on any atom is -0.358 e. The monoisotopic (exact) mass is 418 g/mol. The molecule has 0 bridgehead atoms. The van der Waals surface area contributed by atoms with Gasteiger partial charge in [-0.2, -0.15) is 5.26 Å². The average Bonchev–Trinajstić information content (AvgIpc) is 3.40. The number of carbonyl (C=O) groups excluding carboxylic acids is 1. The average molecular weight is 419 g/mol. The van der Waals surface area contributed by atoms with E-state index in [1.807, 2.05) is 29.9 Å². The Morgan fingerprint density at radius 1 is 1.41 bits per heavy atom. The lowest BCUT2D eigenvalue weighted by atomic mass is 10.2. The number of carbonyl (C=O) groups is 1. The van der Waals surface area contributed by atoms with Gasteiger partial charge < -0.3 is 14.8 Å². The molecule has 1 aliphatic heterocycles. The highest BCUT2D eigenvalue weighted by Crippen LogP contribution is 2.28. The summed E-state index contributed by atoms with van der Waals surface area (Å²) in [6, 6.07) is 6.31. The topological polar surface area (TPSA) is 61.1 Å². The predicted molar refractivity (Wildman–Crippen MR) is 117 cm³/mol. The summed E-state index contributed by atoms with van der Waals surface area (Å²) in [4.78, 5) is 15.9. The number of thioether (sulfide) groups is 1. The van der Waals surface area contributed by atoms with E-state index in [0.717, 1.165) is 41.5 Å². The van der Waals surface area contributed by atoms with Gasteiger partial charge in [-0.3, -0.25) is 4.79 Å². The molecule has 0 atom stereocenters. The minimum absolute atomic E-state index is 0.136. The van der Waals surface area contributed by atoms with Crippen LogP contribution >= 0.6 is 35.3 Å². The van der Waals surface area contributed by atoms with E-state index in [-0.39, 0.29) is 11.7 Å². The van der Waals surface area contributed by atoms with E-state index in [1.165, 1.54) is 16.6 Å². The van der Waals surface area contributed by atoms with Crippen LogP contribution in [0.5, 0.6) is 0 Å². The standard InChI is InChI=1S/C19H22N4OS3/c1-13-14(2)23(11-15-6-5-9-26-15)18(16(13)10-20)21-17(24)12-27-19(25)22-7-3-4-8-22/h5-6,9H,3-4,7-8,11-12H2,1-2H3,(H,21,24). The number of nitrogens with zero attached hydrogens (tertiary/aromatic N) is 3. The number of thiophene rings is 1. The molecular formula is C19H22N4OS3. The fourth-order valence-electron chi connectivity index (χ4n) is 3.17. The summed E-state index contributed by atoms with van der Waals surface area (Å²) >= 11 is 8.48. The van der Waals surface area contributed by atoms with Gasteiger partial charge >= 0.3 is 0 Å². The van der Waals surface area contributed by atoms with Gasteiger partial charge in [0.05, 0.1) is 17.9 Å². The van der Waals surface area contributed by atoms with Crippen molar-refractivity contribution in [3.8, 4) is 6.07 Å². The van der Waals surface area contributed by atoms with Crippen LogP contribution in [0.25, 0.3) is 0 Å². The van der Waals surface area contributed by atoms with Crippen molar-refractivity contribution in [2.75, 3.05) is 24.2 Å². The molecule has 2 aromatic heterocycles. The highest BCUT2D eigenvalue weighted by atomic mass is 32.2. The summed E-state index contributed by atoms with van der Waals surface area (Å²) in [5.74, 6) is 0.698. The van der Waals surface area contributed by atoms with Crippen molar-refractivity contribution in [3.63, 3.8) is 0 Å². The van der Waals surface area contributed by atoms with Crippen molar-refractivity contribution in [3.05, 3.63) is 39.2 Å². The zero-order valence-electron chi connectivity index (χ0n) is 15.4. The minimum atomic E-state index is -0.136. The lowest BCUT2D eigenvalue weighted by molar-refractivity contribution is -0.113. The zero-order valence-corrected chi connectivity index (χ0v) is 17.9. The summed E-state index contributed by atoms with van der Waals surface area (Å²) in [7, 11) is 0. The number of aromatic nitrogens is 1. The van der Waals surface area contributed by atoms with Gasteiger partial charge in [0.25, 0.3) is 0 Å². The first-order valence-corrected chi connectivity index (χ1v) is 11.1. The van der Waals surface area contributed by atoms with E-state index in [1.54, 1.807) is 11.3 Å². The number of hydrogen-bond acceptors (Lipinski definition) is 5. The highest BCUT2D eigenvalue weighted by Gasteiger charge is 2.21. The fraction of sp³-hybridized carbons (Fsp3) is 0.421. The maximum absolute atomic E-state index is 12.5. The molecule has 0 radical (unpaired) electrons. The Bertz CT molecular complexity index is 874. The number of likely N-dealkylation sites (tertiary alicyclic amines) is 1. The van der Waals surface area contributed by atoms with Crippen LogP contribution in [0.4, 0.5) is 5.82 Å². The Labute approximate surface area is 173 Å². The molecule has 0 saturated carbocycles. The van der Waals surface area contributed by atoms with Crippen molar-refractivity contribution >= 4 is 51.4 Å². The molecule has 0 aliphatic carbocycles. The summed E-state index contributed by atoms with van der Waals surface area (Å²) < 4.78 is 2.80. The van der Waals surface area contributed by atoms with Crippen LogP contribution in [0.3, 0.4) is 0 Å². The third kappa shape index (κ3) is 4.54. The molecular weight excluding hydrogens is 396 g/mol. The van der Waals surface area contributed by atoms with Crippen molar-refractivity contribution in [1.82, 2.24) is 9.47 Å². The molecule has 1 fully saturated rings. The van der Waals surface area contributed by atoms with Crippen LogP contribution < -0.4 is 5.32 Å². The van der Waals surface area contributed by atoms with Gasteiger partial charge in [0.15, 0.2) is 0 Å². The Morgan fingerprint density at radius 3 is 2.78 bits per heavy atom. The first-order chi connectivity index (χ1) is 13.0. The van der Waals surface area contributed by atoms with Crippen LogP contribution in [0.15, 0.2) is 17.5 Å². The SMILES string of the molecule is Cc1c(C#N)c(NC(=O)CSC(=S)N2CCCC2)n(Cc2cccs2)c1C. The summed E-state index contributed by atoms with van der Waals surface area (Å²) in [5, 5.41) is 14.6. The number of nitriles is 1. The van der Waals surface area contributed by atoms with E-state index < -0.39 is 0 Å². The largest absolute Gasteiger partial charge is 0.358 e. The smallest absolute Gasteiger partial charge is 0.235 e. The van der Waals surface area contributed by atoms with Gasteiger partial charge in [0, 0.05) is 23.7 Å². The number of thiocarbonyl (C=S) groups is 1. The summed E-state index contributed by atoms with van der Waals surface area (Å²) in [6.07, 6.45) is 2.32. The lowest BCUT2D eigenvalue weighted by Gasteiger charge is -2.17. The number of nitrogens with one attached hydrogen (secondary N) is 1. The Balaban J connectivity index is 1.72. The third-order valence-electron chi connectivity index (χ3n) is 4.78. The zero-order chi connectivity index (χ0) is 19.4. The van der Waals surface area contributed by atoms with Crippen LogP contribution in [0, 0.1) is 25.2 Å². The molecule has 1 saturated heterocycles. The molecule has 2 aromatic rings. The van der Waals surface area contributed by atoms with Crippen LogP contribution in [0.2, 0.25) is 0 Å². The normalized spacial score (nSPS) is 13.6. The molecule has 1 amide bonds. The van der Waals surface area contributed by atoms with Crippen LogP contribution in [0.1, 0.15) is 34.5 Å². The first kappa shape index (κ1) is 19.9. The van der Waals surface area contributed by atoms with E-state index in [4.69, 9.17) is 12.2 Å². The highest BCUT2D eigenvalue weighted by molar-refractivity contribution is 8.23. The van der Waals surface area contributed by atoms with E-state index in [2.05, 4.69) is 22.4 Å². The molecule has 0 aromatic carbocycles. The Hall–Kier alpha value is -1.82. The van der Waals surface area contributed by atoms with Crippen molar-refractivity contribution in [2.24, 2.45) is 0 Å². The lowest BCUT2D eigenvalue weighted by Crippen LogP contribution is -2.26. The van der Waals surface area contributed by atoms with Gasteiger partial charge in [-0.1, -0.05) is 30.0 Å². The van der Waals surface area contributed by atoms with E-state index in [0.29, 0.717) is 17.9 Å². The predicted octanol–water partition coefficient (Wildman–Crippen LogP) is 4.14. The Kier molecular flexibility index (Phi) is 6.58. The fourth-order valence-corrected chi connectivity index (χ4v) is 4.92. The molecule has 5 nitrogen and oxygen atoms in total. The van der Waals surface area contributed by atoms with Crippen molar-refractivity contribution < 1.29 is 4.79 Å². The number of hydrogen-bond donors (Lipinski definition) is 1.